The van der Waals surface area contributed by atoms with Crippen LogP contribution < -0.4 is 15.4 Å². The van der Waals surface area contributed by atoms with Gasteiger partial charge in [0.15, 0.2) is 0 Å². The van der Waals surface area contributed by atoms with Gasteiger partial charge in [-0.1, -0.05) is 24.3 Å². The van der Waals surface area contributed by atoms with Crippen LogP contribution in [0.3, 0.4) is 0 Å². The summed E-state index contributed by atoms with van der Waals surface area (Å²) < 4.78 is 5.18. The molecule has 2 aromatic carbocycles. The Kier molecular flexibility index (Phi) is 5.00. The summed E-state index contributed by atoms with van der Waals surface area (Å²) in [7, 11) is 1.62. The van der Waals surface area contributed by atoms with Crippen LogP contribution in [-0.2, 0) is 11.3 Å². The van der Waals surface area contributed by atoms with E-state index in [1.165, 1.54) is 0 Å². The van der Waals surface area contributed by atoms with Crippen LogP contribution in [0, 0.1) is 0 Å². The smallest absolute Gasteiger partial charge is 0.319 e. The minimum atomic E-state index is -0.437. The Morgan fingerprint density at radius 2 is 1.82 bits per heavy atom. The highest BCUT2D eigenvalue weighted by Crippen LogP contribution is 2.33. The molecule has 7 heteroatoms. The molecule has 2 aliphatic rings. The molecule has 0 saturated heterocycles. The van der Waals surface area contributed by atoms with E-state index < -0.39 is 6.04 Å². The summed E-state index contributed by atoms with van der Waals surface area (Å²) in [6, 6.07) is 14.9. The largest absolute Gasteiger partial charge is 0.497 e. The molecule has 2 aromatic rings. The molecular formula is C21H21N3O3S. The van der Waals surface area contributed by atoms with Gasteiger partial charge in [0.05, 0.1) is 31.0 Å². The minimum absolute atomic E-state index is 0.0581. The molecule has 0 fully saturated rings. The highest BCUT2D eigenvalue weighted by atomic mass is 32.2. The third-order valence-corrected chi connectivity index (χ3v) is 5.75. The SMILES string of the molecule is COc1ccc(CN2CC3=C(C2=O)C(c2ccc(SC)cc2)NC(=O)N3)cc1. The van der Waals surface area contributed by atoms with Crippen LogP contribution in [0.15, 0.2) is 64.7 Å². The summed E-state index contributed by atoms with van der Waals surface area (Å²) in [5.41, 5.74) is 3.21. The van der Waals surface area contributed by atoms with E-state index >= 15 is 0 Å². The molecule has 0 spiro atoms. The molecule has 0 bridgehead atoms. The molecule has 0 radical (unpaired) electrons. The Morgan fingerprint density at radius 1 is 1.11 bits per heavy atom. The van der Waals surface area contributed by atoms with E-state index in [-0.39, 0.29) is 11.9 Å². The zero-order chi connectivity index (χ0) is 19.7. The molecule has 2 heterocycles. The topological polar surface area (TPSA) is 70.7 Å². The van der Waals surface area contributed by atoms with Gasteiger partial charge in [0, 0.05) is 11.4 Å². The molecule has 0 saturated carbocycles. The van der Waals surface area contributed by atoms with E-state index in [2.05, 4.69) is 10.6 Å². The molecule has 2 N–H and O–H groups in total. The summed E-state index contributed by atoms with van der Waals surface area (Å²) >= 11 is 1.65. The molecule has 0 aromatic heterocycles. The van der Waals surface area contributed by atoms with E-state index in [1.807, 2.05) is 54.8 Å². The van der Waals surface area contributed by atoms with E-state index in [9.17, 15) is 9.59 Å². The van der Waals surface area contributed by atoms with Crippen LogP contribution in [0.4, 0.5) is 4.79 Å². The second-order valence-corrected chi connectivity index (χ2v) is 7.59. The second-order valence-electron chi connectivity index (χ2n) is 6.71. The first-order valence-electron chi connectivity index (χ1n) is 8.95. The Balaban J connectivity index is 1.57. The molecular weight excluding hydrogens is 374 g/mol. The fourth-order valence-electron chi connectivity index (χ4n) is 3.55. The third-order valence-electron chi connectivity index (χ3n) is 5.00. The standard InChI is InChI=1S/C21H21N3O3S/c1-27-15-7-3-13(4-8-15)11-24-12-17-18(20(24)25)19(23-21(26)22-17)14-5-9-16(28-2)10-6-14/h3-10,19H,11-12H2,1-2H3,(H2,22,23,26). The Labute approximate surface area is 167 Å². The number of carbonyl (C=O) groups excluding carboxylic acids is 2. The number of rotatable bonds is 5. The van der Waals surface area contributed by atoms with Crippen molar-refractivity contribution in [1.29, 1.82) is 0 Å². The number of benzene rings is 2. The van der Waals surface area contributed by atoms with Gasteiger partial charge in [0.1, 0.15) is 5.75 Å². The fourth-order valence-corrected chi connectivity index (χ4v) is 3.96. The van der Waals surface area contributed by atoms with Crippen molar-refractivity contribution in [2.75, 3.05) is 19.9 Å². The number of amides is 3. The number of hydrogen-bond acceptors (Lipinski definition) is 4. The molecule has 4 rings (SSSR count). The highest BCUT2D eigenvalue weighted by molar-refractivity contribution is 7.98. The van der Waals surface area contributed by atoms with Gasteiger partial charge in [0.25, 0.3) is 5.91 Å². The Bertz CT molecular complexity index is 938. The lowest BCUT2D eigenvalue weighted by Crippen LogP contribution is -2.44. The van der Waals surface area contributed by atoms with Crippen molar-refractivity contribution in [2.24, 2.45) is 0 Å². The summed E-state index contributed by atoms with van der Waals surface area (Å²) in [4.78, 5) is 28.2. The number of nitrogens with one attached hydrogen (secondary N) is 2. The average molecular weight is 395 g/mol. The van der Waals surface area contributed by atoms with Gasteiger partial charge >= 0.3 is 6.03 Å². The monoisotopic (exact) mass is 395 g/mol. The van der Waals surface area contributed by atoms with Gasteiger partial charge in [-0.05, 0) is 41.6 Å². The molecule has 6 nitrogen and oxygen atoms in total. The van der Waals surface area contributed by atoms with E-state index in [0.29, 0.717) is 24.4 Å². The van der Waals surface area contributed by atoms with Crippen molar-refractivity contribution in [3.8, 4) is 5.75 Å². The number of thioether (sulfide) groups is 1. The van der Waals surface area contributed by atoms with Crippen molar-refractivity contribution in [1.82, 2.24) is 15.5 Å². The van der Waals surface area contributed by atoms with Crippen LogP contribution in [0.5, 0.6) is 5.75 Å². The van der Waals surface area contributed by atoms with Crippen molar-refractivity contribution in [3.63, 3.8) is 0 Å². The van der Waals surface area contributed by atoms with Crippen LogP contribution in [0.2, 0.25) is 0 Å². The molecule has 1 atom stereocenters. The van der Waals surface area contributed by atoms with Crippen LogP contribution in [0.25, 0.3) is 0 Å². The summed E-state index contributed by atoms with van der Waals surface area (Å²) in [5, 5.41) is 5.70. The minimum Gasteiger partial charge on any atom is -0.497 e. The number of ether oxygens (including phenoxy) is 1. The van der Waals surface area contributed by atoms with Gasteiger partial charge < -0.3 is 20.3 Å². The van der Waals surface area contributed by atoms with Crippen molar-refractivity contribution < 1.29 is 14.3 Å². The number of nitrogens with zero attached hydrogens (tertiary/aromatic N) is 1. The Morgan fingerprint density at radius 3 is 2.46 bits per heavy atom. The summed E-state index contributed by atoms with van der Waals surface area (Å²) in [6.07, 6.45) is 2.01. The maximum Gasteiger partial charge on any atom is 0.319 e. The van der Waals surface area contributed by atoms with Crippen molar-refractivity contribution in [2.45, 2.75) is 17.5 Å². The molecule has 1 unspecified atom stereocenters. The predicted molar refractivity (Wildman–Crippen MR) is 108 cm³/mol. The number of methoxy groups -OCH3 is 1. The Hall–Kier alpha value is -2.93. The first-order valence-corrected chi connectivity index (χ1v) is 10.2. The van der Waals surface area contributed by atoms with Gasteiger partial charge in [-0.2, -0.15) is 0 Å². The second kappa shape index (κ2) is 7.59. The van der Waals surface area contributed by atoms with Gasteiger partial charge in [-0.3, -0.25) is 4.79 Å². The molecule has 2 aliphatic heterocycles. The lowest BCUT2D eigenvalue weighted by molar-refractivity contribution is -0.126. The lowest BCUT2D eigenvalue weighted by Gasteiger charge is -2.25. The van der Waals surface area contributed by atoms with Crippen molar-refractivity contribution >= 4 is 23.7 Å². The molecule has 144 valence electrons. The number of carbonyl (C=O) groups is 2. The zero-order valence-corrected chi connectivity index (χ0v) is 16.5. The van der Waals surface area contributed by atoms with E-state index in [4.69, 9.17) is 4.74 Å². The van der Waals surface area contributed by atoms with Crippen LogP contribution in [0.1, 0.15) is 17.2 Å². The van der Waals surface area contributed by atoms with E-state index in [0.717, 1.165) is 21.8 Å². The summed E-state index contributed by atoms with van der Waals surface area (Å²) in [6.45, 7) is 0.872. The predicted octanol–water partition coefficient (Wildman–Crippen LogP) is 3.07. The maximum absolute atomic E-state index is 13.1. The number of hydrogen-bond donors (Lipinski definition) is 2. The summed E-state index contributed by atoms with van der Waals surface area (Å²) in [5.74, 6) is 0.719. The zero-order valence-electron chi connectivity index (χ0n) is 15.7. The lowest BCUT2D eigenvalue weighted by atomic mass is 9.96. The first-order chi connectivity index (χ1) is 13.6. The van der Waals surface area contributed by atoms with Crippen LogP contribution in [-0.4, -0.2) is 36.7 Å². The van der Waals surface area contributed by atoms with Crippen LogP contribution >= 0.6 is 11.8 Å². The number of urea groups is 1. The van der Waals surface area contributed by atoms with Gasteiger partial charge in [-0.25, -0.2) is 4.79 Å². The van der Waals surface area contributed by atoms with Crippen molar-refractivity contribution in [3.05, 3.63) is 70.9 Å². The van der Waals surface area contributed by atoms with E-state index in [1.54, 1.807) is 23.8 Å². The van der Waals surface area contributed by atoms with Gasteiger partial charge in [0.2, 0.25) is 0 Å². The average Bonchev–Trinajstić information content (AvgIpc) is 3.03. The highest BCUT2D eigenvalue weighted by Gasteiger charge is 2.40. The van der Waals surface area contributed by atoms with Gasteiger partial charge in [-0.15, -0.1) is 11.8 Å². The normalized spacial score (nSPS) is 18.6. The first kappa shape index (κ1) is 18.4. The fraction of sp³-hybridized carbons (Fsp3) is 0.238. The third kappa shape index (κ3) is 3.45. The molecule has 3 amide bonds. The molecule has 0 aliphatic carbocycles. The quantitative estimate of drug-likeness (QED) is 0.764. The molecule has 28 heavy (non-hydrogen) atoms. The maximum atomic E-state index is 13.1.